The number of fused-ring (bicyclic) bond motifs is 1. The smallest absolute Gasteiger partial charge is 0.125 e. The van der Waals surface area contributed by atoms with Gasteiger partial charge in [0, 0.05) is 18.3 Å². The topological polar surface area (TPSA) is 21.1 Å². The lowest BCUT2D eigenvalue weighted by molar-refractivity contribution is 0.357. The van der Waals surface area contributed by atoms with E-state index < -0.39 is 0 Å². The molecule has 3 nitrogen and oxygen atoms in total. The number of hydrogen-bond donors (Lipinski definition) is 0. The second-order valence-corrected chi connectivity index (χ2v) is 5.79. The molecule has 0 aliphatic rings. The number of aromatic nitrogens is 2. The van der Waals surface area contributed by atoms with Crippen molar-refractivity contribution in [1.29, 1.82) is 0 Å². The fourth-order valence-corrected chi connectivity index (χ4v) is 2.61. The van der Waals surface area contributed by atoms with E-state index in [0.717, 1.165) is 29.8 Å². The van der Waals surface area contributed by atoms with E-state index in [0.29, 0.717) is 12.3 Å². The van der Waals surface area contributed by atoms with Crippen molar-refractivity contribution in [3.8, 4) is 0 Å². The molecular formula is C15H21ClFN3. The molecule has 0 aliphatic heterocycles. The Morgan fingerprint density at radius 3 is 2.80 bits per heavy atom. The van der Waals surface area contributed by atoms with Gasteiger partial charge in [0.2, 0.25) is 0 Å². The summed E-state index contributed by atoms with van der Waals surface area (Å²) in [6, 6.07) is 5.01. The predicted molar refractivity (Wildman–Crippen MR) is 82.0 cm³/mol. The highest BCUT2D eigenvalue weighted by atomic mass is 35.5. The highest BCUT2D eigenvalue weighted by Crippen LogP contribution is 2.24. The summed E-state index contributed by atoms with van der Waals surface area (Å²) in [7, 11) is 4.11. The molecule has 1 unspecified atom stereocenters. The van der Waals surface area contributed by atoms with Crippen LogP contribution >= 0.6 is 11.6 Å². The van der Waals surface area contributed by atoms with Crippen molar-refractivity contribution in [1.82, 2.24) is 14.5 Å². The van der Waals surface area contributed by atoms with Crippen LogP contribution in [0.3, 0.4) is 0 Å². The highest BCUT2D eigenvalue weighted by molar-refractivity contribution is 6.17. The van der Waals surface area contributed by atoms with Gasteiger partial charge in [-0.05, 0) is 52.2 Å². The van der Waals surface area contributed by atoms with Crippen molar-refractivity contribution in [2.75, 3.05) is 26.5 Å². The third kappa shape index (κ3) is 3.30. The molecule has 0 bridgehead atoms. The van der Waals surface area contributed by atoms with Crippen molar-refractivity contribution < 1.29 is 4.39 Å². The first-order valence-corrected chi connectivity index (χ1v) is 7.43. The van der Waals surface area contributed by atoms with Crippen LogP contribution in [0.25, 0.3) is 11.0 Å². The SMILES string of the molecule is CC(CCN(C)C)n1c(CCCl)nc2ccc(F)cc21. The summed E-state index contributed by atoms with van der Waals surface area (Å²) < 4.78 is 15.6. The zero-order valence-corrected chi connectivity index (χ0v) is 13.0. The molecule has 0 amide bonds. The normalized spacial score (nSPS) is 13.3. The van der Waals surface area contributed by atoms with Crippen LogP contribution in [0, 0.1) is 5.82 Å². The first kappa shape index (κ1) is 15.3. The number of benzene rings is 1. The number of nitrogens with zero attached hydrogens (tertiary/aromatic N) is 3. The van der Waals surface area contributed by atoms with Crippen LogP contribution in [0.4, 0.5) is 4.39 Å². The van der Waals surface area contributed by atoms with E-state index in [2.05, 4.69) is 35.5 Å². The van der Waals surface area contributed by atoms with Gasteiger partial charge in [0.15, 0.2) is 0 Å². The van der Waals surface area contributed by atoms with E-state index >= 15 is 0 Å². The quantitative estimate of drug-likeness (QED) is 0.761. The van der Waals surface area contributed by atoms with E-state index in [1.54, 1.807) is 12.1 Å². The van der Waals surface area contributed by atoms with Crippen LogP contribution < -0.4 is 0 Å². The van der Waals surface area contributed by atoms with Gasteiger partial charge >= 0.3 is 0 Å². The molecule has 0 saturated carbocycles. The number of halogens is 2. The largest absolute Gasteiger partial charge is 0.325 e. The van der Waals surface area contributed by atoms with E-state index in [-0.39, 0.29) is 11.9 Å². The minimum Gasteiger partial charge on any atom is -0.325 e. The van der Waals surface area contributed by atoms with Gasteiger partial charge in [-0.25, -0.2) is 9.37 Å². The van der Waals surface area contributed by atoms with E-state index in [4.69, 9.17) is 11.6 Å². The molecule has 5 heteroatoms. The van der Waals surface area contributed by atoms with Crippen LogP contribution in [0.15, 0.2) is 18.2 Å². The first-order chi connectivity index (χ1) is 9.52. The van der Waals surface area contributed by atoms with Gasteiger partial charge in [-0.3, -0.25) is 0 Å². The molecule has 1 heterocycles. The van der Waals surface area contributed by atoms with Gasteiger partial charge in [-0.1, -0.05) is 0 Å². The zero-order chi connectivity index (χ0) is 14.7. The fourth-order valence-electron chi connectivity index (χ4n) is 2.44. The standard InChI is InChI=1S/C15H21ClFN3/c1-11(7-9-19(2)3)20-14-10-12(17)4-5-13(14)18-15(20)6-8-16/h4-5,10-11H,6-9H2,1-3H3. The summed E-state index contributed by atoms with van der Waals surface area (Å²) in [5.74, 6) is 1.23. The monoisotopic (exact) mass is 297 g/mol. The van der Waals surface area contributed by atoms with Crippen LogP contribution in [0.2, 0.25) is 0 Å². The van der Waals surface area contributed by atoms with Crippen LogP contribution in [-0.4, -0.2) is 41.0 Å². The van der Waals surface area contributed by atoms with Crippen molar-refractivity contribution in [2.45, 2.75) is 25.8 Å². The summed E-state index contributed by atoms with van der Waals surface area (Å²) in [5.41, 5.74) is 1.69. The molecule has 2 rings (SSSR count). The molecular weight excluding hydrogens is 277 g/mol. The lowest BCUT2D eigenvalue weighted by Crippen LogP contribution is -2.18. The Labute approximate surface area is 124 Å². The Kier molecular flexibility index (Phi) is 5.00. The minimum absolute atomic E-state index is 0.226. The Bertz CT molecular complexity index is 580. The Morgan fingerprint density at radius 1 is 1.40 bits per heavy atom. The molecule has 0 fully saturated rings. The molecule has 0 radical (unpaired) electrons. The van der Waals surface area contributed by atoms with E-state index in [1.807, 2.05) is 0 Å². The molecule has 1 aromatic carbocycles. The van der Waals surface area contributed by atoms with E-state index in [1.165, 1.54) is 6.07 Å². The highest BCUT2D eigenvalue weighted by Gasteiger charge is 2.16. The summed E-state index contributed by atoms with van der Waals surface area (Å²) in [4.78, 5) is 6.74. The van der Waals surface area contributed by atoms with Crippen LogP contribution in [0.1, 0.15) is 25.2 Å². The van der Waals surface area contributed by atoms with Crippen molar-refractivity contribution in [3.05, 3.63) is 29.8 Å². The van der Waals surface area contributed by atoms with Crippen molar-refractivity contribution in [2.24, 2.45) is 0 Å². The summed E-state index contributed by atoms with van der Waals surface area (Å²) in [6.45, 7) is 3.13. The van der Waals surface area contributed by atoms with Gasteiger partial charge in [0.25, 0.3) is 0 Å². The zero-order valence-electron chi connectivity index (χ0n) is 12.2. The Morgan fingerprint density at radius 2 is 2.15 bits per heavy atom. The predicted octanol–water partition coefficient (Wildman–Crippen LogP) is 3.47. The number of rotatable bonds is 6. The summed E-state index contributed by atoms with van der Waals surface area (Å²) in [6.07, 6.45) is 1.69. The molecule has 1 aromatic heterocycles. The average Bonchev–Trinajstić information content (AvgIpc) is 2.73. The average molecular weight is 298 g/mol. The number of alkyl halides is 1. The molecule has 110 valence electrons. The lowest BCUT2D eigenvalue weighted by Gasteiger charge is -2.19. The lowest BCUT2D eigenvalue weighted by atomic mass is 10.2. The second-order valence-electron chi connectivity index (χ2n) is 5.41. The van der Waals surface area contributed by atoms with Gasteiger partial charge in [0.05, 0.1) is 11.0 Å². The maximum atomic E-state index is 13.5. The van der Waals surface area contributed by atoms with Gasteiger partial charge in [-0.15, -0.1) is 11.6 Å². The summed E-state index contributed by atoms with van der Waals surface area (Å²) in [5, 5.41) is 0. The third-order valence-corrected chi connectivity index (χ3v) is 3.67. The van der Waals surface area contributed by atoms with Gasteiger partial charge < -0.3 is 9.47 Å². The minimum atomic E-state index is -0.226. The number of hydrogen-bond acceptors (Lipinski definition) is 2. The van der Waals surface area contributed by atoms with E-state index in [9.17, 15) is 4.39 Å². The molecule has 1 atom stereocenters. The molecule has 0 spiro atoms. The first-order valence-electron chi connectivity index (χ1n) is 6.90. The third-order valence-electron chi connectivity index (χ3n) is 3.48. The Hall–Kier alpha value is -1.13. The molecule has 2 aromatic rings. The van der Waals surface area contributed by atoms with Crippen molar-refractivity contribution >= 4 is 22.6 Å². The molecule has 0 N–H and O–H groups in total. The van der Waals surface area contributed by atoms with Gasteiger partial charge in [0.1, 0.15) is 11.6 Å². The number of imidazole rings is 1. The summed E-state index contributed by atoms with van der Waals surface area (Å²) >= 11 is 5.86. The van der Waals surface area contributed by atoms with Crippen molar-refractivity contribution in [3.63, 3.8) is 0 Å². The maximum absolute atomic E-state index is 13.5. The van der Waals surface area contributed by atoms with Gasteiger partial charge in [-0.2, -0.15) is 0 Å². The molecule has 20 heavy (non-hydrogen) atoms. The van der Waals surface area contributed by atoms with Crippen LogP contribution in [0.5, 0.6) is 0 Å². The van der Waals surface area contributed by atoms with Crippen LogP contribution in [-0.2, 0) is 6.42 Å². The molecule has 0 saturated heterocycles. The Balaban J connectivity index is 2.41. The molecule has 0 aliphatic carbocycles. The fraction of sp³-hybridized carbons (Fsp3) is 0.533. The second kappa shape index (κ2) is 6.55. The number of aryl methyl sites for hydroxylation is 1. The maximum Gasteiger partial charge on any atom is 0.125 e.